The van der Waals surface area contributed by atoms with Crippen molar-refractivity contribution in [1.29, 1.82) is 0 Å². The molecule has 2 aliphatic rings. The average Bonchev–Trinajstić information content (AvgIpc) is 3.11. The van der Waals surface area contributed by atoms with Crippen molar-refractivity contribution in [3.8, 4) is 0 Å². The van der Waals surface area contributed by atoms with Gasteiger partial charge in [0, 0.05) is 12.5 Å². The predicted molar refractivity (Wildman–Crippen MR) is 83.9 cm³/mol. The van der Waals surface area contributed by atoms with Gasteiger partial charge in [0.2, 0.25) is 0 Å². The van der Waals surface area contributed by atoms with Crippen LogP contribution in [0, 0.1) is 5.92 Å². The quantitative estimate of drug-likeness (QED) is 0.561. The highest BCUT2D eigenvalue weighted by Crippen LogP contribution is 2.49. The van der Waals surface area contributed by atoms with E-state index in [1.54, 1.807) is 4.57 Å². The number of aromatic nitrogens is 4. The lowest BCUT2D eigenvalue weighted by Crippen LogP contribution is -2.52. The lowest BCUT2D eigenvalue weighted by molar-refractivity contribution is -0.181. The van der Waals surface area contributed by atoms with E-state index in [0.717, 1.165) is 12.8 Å². The van der Waals surface area contributed by atoms with Crippen LogP contribution in [-0.4, -0.2) is 65.9 Å². The molecule has 130 valence electrons. The van der Waals surface area contributed by atoms with Crippen molar-refractivity contribution in [2.45, 2.75) is 43.1 Å². The normalized spacial score (nSPS) is 36.6. The molecule has 4 rings (SSSR count). The van der Waals surface area contributed by atoms with Crippen LogP contribution in [0.15, 0.2) is 12.7 Å². The van der Waals surface area contributed by atoms with Crippen LogP contribution in [0.3, 0.4) is 0 Å². The minimum atomic E-state index is -1.06. The number of aliphatic hydroxyl groups excluding tert-OH is 3. The summed E-state index contributed by atoms with van der Waals surface area (Å²) in [5.41, 5.74) is 5.65. The molecule has 0 aromatic carbocycles. The first kappa shape index (κ1) is 15.7. The Kier molecular flexibility index (Phi) is 3.68. The van der Waals surface area contributed by atoms with Crippen LogP contribution >= 0.6 is 0 Å². The molecule has 2 aromatic rings. The lowest BCUT2D eigenvalue weighted by Gasteiger charge is -2.39. The summed E-state index contributed by atoms with van der Waals surface area (Å²) in [6.07, 6.45) is 3.19. The van der Waals surface area contributed by atoms with E-state index in [9.17, 15) is 15.3 Å². The zero-order valence-corrected chi connectivity index (χ0v) is 13.1. The molecule has 0 amide bonds. The second kappa shape index (κ2) is 5.62. The Labute approximate surface area is 138 Å². The molecule has 1 aliphatic carbocycles. The highest BCUT2D eigenvalue weighted by atomic mass is 16.5. The van der Waals surface area contributed by atoms with Crippen LogP contribution in [0.25, 0.3) is 11.2 Å². The SMILES string of the molecule is Nc1ncnc2c1ncn2[C@@H]1[C@H](CO)[C@@H](O)[C@]2(CCCCO2)[C@H]1O. The molecule has 1 saturated carbocycles. The number of imidazole rings is 1. The van der Waals surface area contributed by atoms with Gasteiger partial charge in [0.05, 0.1) is 25.1 Å². The molecular formula is C15H21N5O4. The lowest BCUT2D eigenvalue weighted by atomic mass is 9.87. The third-order valence-corrected chi connectivity index (χ3v) is 5.42. The molecule has 9 heteroatoms. The van der Waals surface area contributed by atoms with E-state index in [1.807, 2.05) is 0 Å². The van der Waals surface area contributed by atoms with E-state index in [1.165, 1.54) is 12.7 Å². The maximum atomic E-state index is 11.0. The maximum Gasteiger partial charge on any atom is 0.165 e. The molecule has 0 radical (unpaired) electrons. The summed E-state index contributed by atoms with van der Waals surface area (Å²) < 4.78 is 7.51. The van der Waals surface area contributed by atoms with Crippen LogP contribution in [0.2, 0.25) is 0 Å². The van der Waals surface area contributed by atoms with Gasteiger partial charge in [0.1, 0.15) is 23.5 Å². The molecule has 0 bridgehead atoms. The number of rotatable bonds is 2. The molecule has 5 N–H and O–H groups in total. The fourth-order valence-electron chi connectivity index (χ4n) is 4.21. The highest BCUT2D eigenvalue weighted by molar-refractivity contribution is 5.81. The summed E-state index contributed by atoms with van der Waals surface area (Å²) in [5, 5.41) is 31.7. The minimum Gasteiger partial charge on any atom is -0.396 e. The van der Waals surface area contributed by atoms with Gasteiger partial charge in [0.15, 0.2) is 11.5 Å². The Bertz CT molecular complexity index is 745. The molecule has 1 spiro atoms. The van der Waals surface area contributed by atoms with E-state index in [2.05, 4.69) is 15.0 Å². The van der Waals surface area contributed by atoms with Gasteiger partial charge >= 0.3 is 0 Å². The Hall–Kier alpha value is -1.81. The van der Waals surface area contributed by atoms with Gasteiger partial charge in [-0.3, -0.25) is 0 Å². The zero-order chi connectivity index (χ0) is 16.9. The van der Waals surface area contributed by atoms with Gasteiger partial charge in [0.25, 0.3) is 0 Å². The third-order valence-electron chi connectivity index (χ3n) is 5.42. The van der Waals surface area contributed by atoms with Gasteiger partial charge in [-0.2, -0.15) is 0 Å². The number of ether oxygens (including phenoxy) is 1. The molecule has 2 fully saturated rings. The molecule has 5 atom stereocenters. The summed E-state index contributed by atoms with van der Waals surface area (Å²) >= 11 is 0. The van der Waals surface area contributed by atoms with Crippen molar-refractivity contribution in [2.24, 2.45) is 5.92 Å². The topological polar surface area (TPSA) is 140 Å². The first-order valence-corrected chi connectivity index (χ1v) is 8.14. The minimum absolute atomic E-state index is 0.246. The van der Waals surface area contributed by atoms with Crippen LogP contribution in [0.4, 0.5) is 5.82 Å². The first-order valence-electron chi connectivity index (χ1n) is 8.14. The number of nitrogens with zero attached hydrogens (tertiary/aromatic N) is 4. The standard InChI is InChI=1S/C15H21N5O4/c16-13-9-14(18-6-17-13)20(7-19-9)10-8(5-21)11(22)15(12(10)23)3-1-2-4-24-15/h6-8,10-12,21-23H,1-5H2,(H2,16,17,18)/t8-,10+,11+,12-,15+/m0/s1. The molecule has 1 saturated heterocycles. The summed E-state index contributed by atoms with van der Waals surface area (Å²) in [5.74, 6) is -0.345. The van der Waals surface area contributed by atoms with Crippen molar-refractivity contribution in [1.82, 2.24) is 19.5 Å². The third kappa shape index (κ3) is 1.99. The van der Waals surface area contributed by atoms with Crippen molar-refractivity contribution < 1.29 is 20.1 Å². The van der Waals surface area contributed by atoms with Gasteiger partial charge in [-0.1, -0.05) is 0 Å². The number of nitrogens with two attached hydrogens (primary N) is 1. The summed E-state index contributed by atoms with van der Waals surface area (Å²) in [4.78, 5) is 12.3. The number of nitrogen functional groups attached to an aromatic ring is 1. The van der Waals surface area contributed by atoms with Crippen molar-refractivity contribution >= 4 is 17.0 Å². The van der Waals surface area contributed by atoms with E-state index in [-0.39, 0.29) is 12.4 Å². The summed E-state index contributed by atoms with van der Waals surface area (Å²) in [6.45, 7) is 0.201. The van der Waals surface area contributed by atoms with Crippen LogP contribution < -0.4 is 5.73 Å². The zero-order valence-electron chi connectivity index (χ0n) is 13.1. The fourth-order valence-corrected chi connectivity index (χ4v) is 4.21. The average molecular weight is 335 g/mol. The Morgan fingerprint density at radius 3 is 2.79 bits per heavy atom. The first-order chi connectivity index (χ1) is 11.6. The smallest absolute Gasteiger partial charge is 0.165 e. The molecule has 3 heterocycles. The second-order valence-electron chi connectivity index (χ2n) is 6.57. The van der Waals surface area contributed by atoms with E-state index in [0.29, 0.717) is 24.2 Å². The Balaban J connectivity index is 1.82. The van der Waals surface area contributed by atoms with Gasteiger partial charge in [-0.15, -0.1) is 0 Å². The summed E-state index contributed by atoms with van der Waals surface area (Å²) in [6, 6.07) is -0.609. The second-order valence-corrected chi connectivity index (χ2v) is 6.57. The van der Waals surface area contributed by atoms with Crippen LogP contribution in [0.1, 0.15) is 25.3 Å². The predicted octanol–water partition coefficient (Wildman–Crippen LogP) is -0.767. The number of aliphatic hydroxyl groups is 3. The maximum absolute atomic E-state index is 11.0. The van der Waals surface area contributed by atoms with Gasteiger partial charge in [-0.25, -0.2) is 15.0 Å². The van der Waals surface area contributed by atoms with Crippen LogP contribution in [-0.2, 0) is 4.74 Å². The van der Waals surface area contributed by atoms with Crippen molar-refractivity contribution in [2.75, 3.05) is 18.9 Å². The molecule has 2 aromatic heterocycles. The monoisotopic (exact) mass is 335 g/mol. The van der Waals surface area contributed by atoms with Gasteiger partial charge < -0.3 is 30.4 Å². The molecule has 0 unspecified atom stereocenters. The van der Waals surface area contributed by atoms with Crippen molar-refractivity contribution in [3.63, 3.8) is 0 Å². The Morgan fingerprint density at radius 1 is 1.25 bits per heavy atom. The number of fused-ring (bicyclic) bond motifs is 1. The van der Waals surface area contributed by atoms with Crippen LogP contribution in [0.5, 0.6) is 0 Å². The number of hydrogen-bond donors (Lipinski definition) is 4. The molecular weight excluding hydrogens is 314 g/mol. The van der Waals surface area contributed by atoms with E-state index < -0.39 is 29.8 Å². The molecule has 24 heavy (non-hydrogen) atoms. The highest BCUT2D eigenvalue weighted by Gasteiger charge is 2.61. The Morgan fingerprint density at radius 2 is 2.08 bits per heavy atom. The summed E-state index contributed by atoms with van der Waals surface area (Å²) in [7, 11) is 0. The van der Waals surface area contributed by atoms with E-state index in [4.69, 9.17) is 10.5 Å². The fraction of sp³-hybridized carbons (Fsp3) is 0.667. The van der Waals surface area contributed by atoms with Gasteiger partial charge in [-0.05, 0) is 19.3 Å². The number of anilines is 1. The largest absolute Gasteiger partial charge is 0.396 e. The van der Waals surface area contributed by atoms with E-state index >= 15 is 0 Å². The molecule has 1 aliphatic heterocycles. The molecule has 9 nitrogen and oxygen atoms in total. The number of hydrogen-bond acceptors (Lipinski definition) is 8. The van der Waals surface area contributed by atoms with Crippen molar-refractivity contribution in [3.05, 3.63) is 12.7 Å².